The first-order valence-electron chi connectivity index (χ1n) is 4.18. The molecule has 0 unspecified atom stereocenters. The van der Waals surface area contributed by atoms with Crippen LogP contribution < -0.4 is 5.32 Å². The van der Waals surface area contributed by atoms with E-state index in [1.807, 2.05) is 0 Å². The van der Waals surface area contributed by atoms with Gasteiger partial charge in [0.15, 0.2) is 0 Å². The van der Waals surface area contributed by atoms with E-state index >= 15 is 0 Å². The Bertz CT molecular complexity index is 170. The fourth-order valence-corrected chi connectivity index (χ4v) is 0.826. The number of ether oxygens (including phenoxy) is 1. The minimum absolute atomic E-state index is 0.412. The fourth-order valence-electron chi connectivity index (χ4n) is 0.826. The molecule has 0 saturated carbocycles. The summed E-state index contributed by atoms with van der Waals surface area (Å²) >= 11 is 0. The Labute approximate surface area is 77.1 Å². The van der Waals surface area contributed by atoms with Gasteiger partial charge in [0.05, 0.1) is 0 Å². The number of rotatable bonds is 6. The number of hydrogen-bond donors (Lipinski definition) is 2. The summed E-state index contributed by atoms with van der Waals surface area (Å²) in [4.78, 5) is 20.5. The van der Waals surface area contributed by atoms with E-state index in [0.29, 0.717) is 13.2 Å². The van der Waals surface area contributed by atoms with Gasteiger partial charge in [-0.15, -0.1) is 0 Å². The highest BCUT2D eigenvalue weighted by Crippen LogP contribution is 1.93. The Hall–Kier alpha value is -1.10. The SMILES string of the molecule is COCCCCCNC(=O)C(=O)O. The molecular weight excluding hydrogens is 174 g/mol. The molecule has 5 heteroatoms. The van der Waals surface area contributed by atoms with Gasteiger partial charge in [0, 0.05) is 20.3 Å². The maximum atomic E-state index is 10.5. The predicted molar refractivity (Wildman–Crippen MR) is 46.4 cm³/mol. The first kappa shape index (κ1) is 11.9. The molecule has 0 aliphatic heterocycles. The molecule has 0 aromatic carbocycles. The third-order valence-electron chi connectivity index (χ3n) is 1.51. The number of carboxylic acid groups (broad SMARTS) is 1. The minimum Gasteiger partial charge on any atom is -0.474 e. The summed E-state index contributed by atoms with van der Waals surface area (Å²) in [6.07, 6.45) is 2.63. The summed E-state index contributed by atoms with van der Waals surface area (Å²) < 4.78 is 4.83. The van der Waals surface area contributed by atoms with Crippen molar-refractivity contribution in [3.8, 4) is 0 Å². The van der Waals surface area contributed by atoms with Gasteiger partial charge >= 0.3 is 11.9 Å². The van der Waals surface area contributed by atoms with E-state index in [9.17, 15) is 9.59 Å². The van der Waals surface area contributed by atoms with Crippen molar-refractivity contribution < 1.29 is 19.4 Å². The fraction of sp³-hybridized carbons (Fsp3) is 0.750. The van der Waals surface area contributed by atoms with E-state index in [-0.39, 0.29) is 0 Å². The van der Waals surface area contributed by atoms with E-state index in [0.717, 1.165) is 19.3 Å². The Kier molecular flexibility index (Phi) is 6.91. The molecule has 0 bridgehead atoms. The molecule has 0 saturated heterocycles. The van der Waals surface area contributed by atoms with Gasteiger partial charge in [0.25, 0.3) is 0 Å². The van der Waals surface area contributed by atoms with Crippen molar-refractivity contribution in [2.45, 2.75) is 19.3 Å². The van der Waals surface area contributed by atoms with Gasteiger partial charge in [0.1, 0.15) is 0 Å². The van der Waals surface area contributed by atoms with Crippen molar-refractivity contribution in [3.05, 3.63) is 0 Å². The third kappa shape index (κ3) is 7.27. The molecule has 13 heavy (non-hydrogen) atoms. The topological polar surface area (TPSA) is 75.6 Å². The van der Waals surface area contributed by atoms with Crippen molar-refractivity contribution in [1.82, 2.24) is 5.32 Å². The van der Waals surface area contributed by atoms with Gasteiger partial charge in [-0.3, -0.25) is 4.79 Å². The largest absolute Gasteiger partial charge is 0.474 e. The van der Waals surface area contributed by atoms with E-state index in [4.69, 9.17) is 9.84 Å². The lowest BCUT2D eigenvalue weighted by atomic mass is 10.2. The van der Waals surface area contributed by atoms with E-state index < -0.39 is 11.9 Å². The van der Waals surface area contributed by atoms with Gasteiger partial charge in [-0.1, -0.05) is 0 Å². The van der Waals surface area contributed by atoms with Crippen molar-refractivity contribution in [1.29, 1.82) is 0 Å². The average molecular weight is 189 g/mol. The van der Waals surface area contributed by atoms with E-state index in [1.165, 1.54) is 0 Å². The Morgan fingerprint density at radius 1 is 1.31 bits per heavy atom. The highest BCUT2D eigenvalue weighted by atomic mass is 16.5. The molecule has 0 aromatic rings. The maximum Gasteiger partial charge on any atom is 0.394 e. The van der Waals surface area contributed by atoms with Gasteiger partial charge in [-0.2, -0.15) is 0 Å². The standard InChI is InChI=1S/C8H15NO4/c1-13-6-4-2-3-5-9-7(10)8(11)12/h2-6H2,1H3,(H,9,10)(H,11,12). The quantitative estimate of drug-likeness (QED) is 0.455. The van der Waals surface area contributed by atoms with Gasteiger partial charge < -0.3 is 15.2 Å². The monoisotopic (exact) mass is 189 g/mol. The number of nitrogens with one attached hydrogen (secondary N) is 1. The molecule has 1 amide bonds. The first-order chi connectivity index (χ1) is 6.18. The summed E-state index contributed by atoms with van der Waals surface area (Å²) in [5.74, 6) is -2.37. The molecule has 0 spiro atoms. The van der Waals surface area contributed by atoms with Crippen LogP contribution in [0.25, 0.3) is 0 Å². The second-order valence-electron chi connectivity index (χ2n) is 2.61. The molecule has 5 nitrogen and oxygen atoms in total. The van der Waals surface area contributed by atoms with Crippen molar-refractivity contribution >= 4 is 11.9 Å². The van der Waals surface area contributed by atoms with Gasteiger partial charge in [-0.05, 0) is 19.3 Å². The second kappa shape index (κ2) is 7.54. The van der Waals surface area contributed by atoms with E-state index in [1.54, 1.807) is 7.11 Å². The van der Waals surface area contributed by atoms with Crippen LogP contribution in [-0.4, -0.2) is 37.2 Å². The number of methoxy groups -OCH3 is 1. The summed E-state index contributed by atoms with van der Waals surface area (Å²) in [5, 5.41) is 10.5. The first-order valence-corrected chi connectivity index (χ1v) is 4.18. The highest BCUT2D eigenvalue weighted by molar-refractivity contribution is 6.31. The second-order valence-corrected chi connectivity index (χ2v) is 2.61. The molecular formula is C8H15NO4. The van der Waals surface area contributed by atoms with Crippen LogP contribution >= 0.6 is 0 Å². The normalized spacial score (nSPS) is 9.62. The average Bonchev–Trinajstić information content (AvgIpc) is 2.10. The minimum atomic E-state index is -1.43. The van der Waals surface area contributed by atoms with Crippen LogP contribution in [0.2, 0.25) is 0 Å². The summed E-state index contributed by atoms with van der Waals surface area (Å²) in [5.41, 5.74) is 0. The van der Waals surface area contributed by atoms with Gasteiger partial charge in [-0.25, -0.2) is 4.79 Å². The Balaban J connectivity index is 3.16. The molecule has 0 fully saturated rings. The van der Waals surface area contributed by atoms with Crippen LogP contribution in [0.1, 0.15) is 19.3 Å². The summed E-state index contributed by atoms with van der Waals surface area (Å²) in [7, 11) is 1.63. The zero-order valence-corrected chi connectivity index (χ0v) is 7.71. The highest BCUT2D eigenvalue weighted by Gasteiger charge is 2.08. The number of unbranched alkanes of at least 4 members (excludes halogenated alkanes) is 2. The molecule has 0 rings (SSSR count). The molecule has 0 atom stereocenters. The number of carbonyl (C=O) groups is 2. The number of carbonyl (C=O) groups excluding carboxylic acids is 1. The maximum absolute atomic E-state index is 10.5. The van der Waals surface area contributed by atoms with Crippen LogP contribution in [0.4, 0.5) is 0 Å². The summed E-state index contributed by atoms with van der Waals surface area (Å²) in [6.45, 7) is 1.11. The van der Waals surface area contributed by atoms with E-state index in [2.05, 4.69) is 5.32 Å². The Morgan fingerprint density at radius 3 is 2.54 bits per heavy atom. The lowest BCUT2D eigenvalue weighted by molar-refractivity contribution is -0.150. The van der Waals surface area contributed by atoms with Crippen LogP contribution in [0, 0.1) is 0 Å². The predicted octanol–water partition coefficient (Wildman–Crippen LogP) is 0.00390. The molecule has 76 valence electrons. The molecule has 0 aromatic heterocycles. The number of hydrogen-bond acceptors (Lipinski definition) is 3. The molecule has 0 aliphatic rings. The number of amides is 1. The van der Waals surface area contributed by atoms with Crippen LogP contribution in [0.3, 0.4) is 0 Å². The zero-order valence-electron chi connectivity index (χ0n) is 7.71. The zero-order chi connectivity index (χ0) is 10.1. The molecule has 0 aliphatic carbocycles. The van der Waals surface area contributed by atoms with Crippen molar-refractivity contribution in [2.75, 3.05) is 20.3 Å². The van der Waals surface area contributed by atoms with Crippen molar-refractivity contribution in [2.24, 2.45) is 0 Å². The summed E-state index contributed by atoms with van der Waals surface area (Å²) in [6, 6.07) is 0. The smallest absolute Gasteiger partial charge is 0.394 e. The molecule has 2 N–H and O–H groups in total. The lowest BCUT2D eigenvalue weighted by Gasteiger charge is -2.01. The molecule has 0 radical (unpaired) electrons. The van der Waals surface area contributed by atoms with Crippen molar-refractivity contribution in [3.63, 3.8) is 0 Å². The number of carboxylic acids is 1. The van der Waals surface area contributed by atoms with Crippen LogP contribution in [0.15, 0.2) is 0 Å². The van der Waals surface area contributed by atoms with Crippen LogP contribution in [0.5, 0.6) is 0 Å². The van der Waals surface area contributed by atoms with Gasteiger partial charge in [0.2, 0.25) is 0 Å². The number of aliphatic carboxylic acids is 1. The Morgan fingerprint density at radius 2 is 2.00 bits per heavy atom. The van der Waals surface area contributed by atoms with Crippen LogP contribution in [-0.2, 0) is 14.3 Å². The molecule has 0 heterocycles. The lowest BCUT2D eigenvalue weighted by Crippen LogP contribution is -2.31. The third-order valence-corrected chi connectivity index (χ3v) is 1.51.